The number of rotatable bonds is 5. The SMILES string of the molecule is CCn1nccc1C(=O)N1CCN(Cc2cccc(OC)c2)CC1. The summed E-state index contributed by atoms with van der Waals surface area (Å²) in [6, 6.07) is 9.95. The second-order valence-corrected chi connectivity index (χ2v) is 5.95. The molecular formula is C18H24N4O2. The number of carbonyl (C=O) groups is 1. The molecule has 1 fully saturated rings. The van der Waals surface area contributed by atoms with Crippen molar-refractivity contribution in [3.63, 3.8) is 0 Å². The van der Waals surface area contributed by atoms with Gasteiger partial charge in [0.05, 0.1) is 7.11 Å². The lowest BCUT2D eigenvalue weighted by Crippen LogP contribution is -2.48. The highest BCUT2D eigenvalue weighted by atomic mass is 16.5. The third kappa shape index (κ3) is 3.59. The zero-order valence-corrected chi connectivity index (χ0v) is 14.3. The number of hydrogen-bond acceptors (Lipinski definition) is 4. The zero-order valence-electron chi connectivity index (χ0n) is 14.3. The van der Waals surface area contributed by atoms with E-state index < -0.39 is 0 Å². The molecule has 0 unspecified atom stereocenters. The van der Waals surface area contributed by atoms with Crippen LogP contribution >= 0.6 is 0 Å². The van der Waals surface area contributed by atoms with Gasteiger partial charge in [-0.1, -0.05) is 12.1 Å². The molecular weight excluding hydrogens is 304 g/mol. The summed E-state index contributed by atoms with van der Waals surface area (Å²) in [6.45, 7) is 6.84. The van der Waals surface area contributed by atoms with Crippen molar-refractivity contribution in [1.82, 2.24) is 19.6 Å². The maximum absolute atomic E-state index is 12.6. The number of hydrogen-bond donors (Lipinski definition) is 0. The molecule has 128 valence electrons. The van der Waals surface area contributed by atoms with Crippen LogP contribution in [0.15, 0.2) is 36.5 Å². The molecule has 24 heavy (non-hydrogen) atoms. The van der Waals surface area contributed by atoms with E-state index >= 15 is 0 Å². The van der Waals surface area contributed by atoms with E-state index in [0.717, 1.165) is 38.5 Å². The van der Waals surface area contributed by atoms with Crippen LogP contribution in [-0.4, -0.2) is 58.8 Å². The first-order valence-corrected chi connectivity index (χ1v) is 8.37. The Morgan fingerprint density at radius 2 is 2.00 bits per heavy atom. The summed E-state index contributed by atoms with van der Waals surface area (Å²) >= 11 is 0. The van der Waals surface area contributed by atoms with Crippen LogP contribution in [0.1, 0.15) is 23.0 Å². The highest BCUT2D eigenvalue weighted by molar-refractivity contribution is 5.92. The van der Waals surface area contributed by atoms with E-state index in [1.807, 2.05) is 24.0 Å². The van der Waals surface area contributed by atoms with Crippen LogP contribution in [0.25, 0.3) is 0 Å². The summed E-state index contributed by atoms with van der Waals surface area (Å²) in [4.78, 5) is 16.9. The zero-order chi connectivity index (χ0) is 16.9. The first-order valence-electron chi connectivity index (χ1n) is 8.37. The second-order valence-electron chi connectivity index (χ2n) is 5.95. The van der Waals surface area contributed by atoms with Gasteiger partial charge in [-0.2, -0.15) is 5.10 Å². The van der Waals surface area contributed by atoms with Crippen molar-refractivity contribution >= 4 is 5.91 Å². The first kappa shape index (κ1) is 16.5. The molecule has 1 saturated heterocycles. The Morgan fingerprint density at radius 1 is 1.21 bits per heavy atom. The number of piperazine rings is 1. The lowest BCUT2D eigenvalue weighted by atomic mass is 10.2. The highest BCUT2D eigenvalue weighted by Gasteiger charge is 2.24. The van der Waals surface area contributed by atoms with Crippen LogP contribution in [-0.2, 0) is 13.1 Å². The van der Waals surface area contributed by atoms with Gasteiger partial charge in [0.15, 0.2) is 0 Å². The van der Waals surface area contributed by atoms with E-state index in [4.69, 9.17) is 4.74 Å². The molecule has 0 atom stereocenters. The van der Waals surface area contributed by atoms with Crippen molar-refractivity contribution in [3.8, 4) is 5.75 Å². The molecule has 6 heteroatoms. The van der Waals surface area contributed by atoms with Crippen molar-refractivity contribution in [2.45, 2.75) is 20.0 Å². The molecule has 6 nitrogen and oxygen atoms in total. The minimum atomic E-state index is 0.0791. The van der Waals surface area contributed by atoms with Gasteiger partial charge in [0, 0.05) is 45.5 Å². The van der Waals surface area contributed by atoms with Gasteiger partial charge in [-0.05, 0) is 30.7 Å². The van der Waals surface area contributed by atoms with Crippen LogP contribution in [0.4, 0.5) is 0 Å². The fourth-order valence-corrected chi connectivity index (χ4v) is 3.07. The number of aryl methyl sites for hydroxylation is 1. The number of benzene rings is 1. The average molecular weight is 328 g/mol. The molecule has 1 aliphatic heterocycles. The molecule has 0 N–H and O–H groups in total. The Balaban J connectivity index is 1.56. The summed E-state index contributed by atoms with van der Waals surface area (Å²) in [6.07, 6.45) is 1.69. The Bertz CT molecular complexity index is 690. The van der Waals surface area contributed by atoms with Crippen LogP contribution in [0, 0.1) is 0 Å². The van der Waals surface area contributed by atoms with Gasteiger partial charge in [0.2, 0.25) is 0 Å². The number of methoxy groups -OCH3 is 1. The fraction of sp³-hybridized carbons (Fsp3) is 0.444. The van der Waals surface area contributed by atoms with Crippen molar-refractivity contribution < 1.29 is 9.53 Å². The molecule has 0 saturated carbocycles. The fourth-order valence-electron chi connectivity index (χ4n) is 3.07. The molecule has 1 aromatic carbocycles. The number of amides is 1. The van der Waals surface area contributed by atoms with Gasteiger partial charge in [0.1, 0.15) is 11.4 Å². The maximum Gasteiger partial charge on any atom is 0.272 e. The second kappa shape index (κ2) is 7.49. The van der Waals surface area contributed by atoms with Crippen molar-refractivity contribution in [2.75, 3.05) is 33.3 Å². The largest absolute Gasteiger partial charge is 0.497 e. The minimum Gasteiger partial charge on any atom is -0.497 e. The summed E-state index contributed by atoms with van der Waals surface area (Å²) in [7, 11) is 1.69. The van der Waals surface area contributed by atoms with Gasteiger partial charge in [-0.15, -0.1) is 0 Å². The van der Waals surface area contributed by atoms with Crippen LogP contribution < -0.4 is 4.74 Å². The molecule has 0 spiro atoms. The van der Waals surface area contributed by atoms with Crippen molar-refractivity contribution in [2.24, 2.45) is 0 Å². The molecule has 0 aliphatic carbocycles. The minimum absolute atomic E-state index is 0.0791. The van der Waals surface area contributed by atoms with E-state index in [9.17, 15) is 4.79 Å². The van der Waals surface area contributed by atoms with Gasteiger partial charge in [-0.3, -0.25) is 14.4 Å². The van der Waals surface area contributed by atoms with Gasteiger partial charge in [0.25, 0.3) is 5.91 Å². The smallest absolute Gasteiger partial charge is 0.272 e. The summed E-state index contributed by atoms with van der Waals surface area (Å²) in [5.41, 5.74) is 1.91. The lowest BCUT2D eigenvalue weighted by molar-refractivity contribution is 0.0616. The van der Waals surface area contributed by atoms with E-state index in [1.54, 1.807) is 24.1 Å². The van der Waals surface area contributed by atoms with Crippen molar-refractivity contribution in [1.29, 1.82) is 0 Å². The lowest BCUT2D eigenvalue weighted by Gasteiger charge is -2.34. The topological polar surface area (TPSA) is 50.6 Å². The molecule has 0 radical (unpaired) electrons. The molecule has 3 rings (SSSR count). The number of ether oxygens (including phenoxy) is 1. The first-order chi connectivity index (χ1) is 11.7. The number of aromatic nitrogens is 2. The molecule has 2 aromatic rings. The Labute approximate surface area is 142 Å². The Morgan fingerprint density at radius 3 is 2.71 bits per heavy atom. The summed E-state index contributed by atoms with van der Waals surface area (Å²) in [5.74, 6) is 0.963. The third-order valence-electron chi connectivity index (χ3n) is 4.44. The number of carbonyl (C=O) groups excluding carboxylic acids is 1. The molecule has 1 aliphatic rings. The normalized spacial score (nSPS) is 15.5. The van der Waals surface area contributed by atoms with E-state index in [-0.39, 0.29) is 5.91 Å². The summed E-state index contributed by atoms with van der Waals surface area (Å²) < 4.78 is 7.03. The highest BCUT2D eigenvalue weighted by Crippen LogP contribution is 2.16. The van der Waals surface area contributed by atoms with E-state index in [0.29, 0.717) is 12.2 Å². The molecule has 0 bridgehead atoms. The standard InChI is InChI=1S/C18H24N4O2/c1-3-22-17(7-8-19-22)18(23)21-11-9-20(10-12-21)14-15-5-4-6-16(13-15)24-2/h4-8,13H,3,9-12,14H2,1-2H3. The van der Waals surface area contributed by atoms with Crippen LogP contribution in [0.5, 0.6) is 5.75 Å². The average Bonchev–Trinajstić information content (AvgIpc) is 3.10. The molecule has 2 heterocycles. The van der Waals surface area contributed by atoms with E-state index in [1.165, 1.54) is 5.56 Å². The maximum atomic E-state index is 12.6. The summed E-state index contributed by atoms with van der Waals surface area (Å²) in [5, 5.41) is 4.18. The van der Waals surface area contributed by atoms with Crippen LogP contribution in [0.3, 0.4) is 0 Å². The van der Waals surface area contributed by atoms with E-state index in [2.05, 4.69) is 22.1 Å². The predicted molar refractivity (Wildman–Crippen MR) is 92.1 cm³/mol. The van der Waals surface area contributed by atoms with Crippen LogP contribution in [0.2, 0.25) is 0 Å². The quantitative estimate of drug-likeness (QED) is 0.841. The molecule has 1 aromatic heterocycles. The Hall–Kier alpha value is -2.34. The van der Waals surface area contributed by atoms with Gasteiger partial charge in [-0.25, -0.2) is 0 Å². The molecule has 1 amide bonds. The number of nitrogens with zero attached hydrogens (tertiary/aromatic N) is 4. The predicted octanol–water partition coefficient (Wildman–Crippen LogP) is 1.87. The monoisotopic (exact) mass is 328 g/mol. The van der Waals surface area contributed by atoms with Crippen molar-refractivity contribution in [3.05, 3.63) is 47.8 Å². The third-order valence-corrected chi connectivity index (χ3v) is 4.44. The van der Waals surface area contributed by atoms with Gasteiger partial charge >= 0.3 is 0 Å². The Kier molecular flexibility index (Phi) is 5.15. The van der Waals surface area contributed by atoms with Gasteiger partial charge < -0.3 is 9.64 Å².